The maximum atomic E-state index is 12.5. The summed E-state index contributed by atoms with van der Waals surface area (Å²) in [5.74, 6) is 0.556. The summed E-state index contributed by atoms with van der Waals surface area (Å²) in [5, 5.41) is 12.4. The van der Waals surface area contributed by atoms with Gasteiger partial charge in [0.25, 0.3) is 0 Å². The molecular formula is C22H25N7O2. The van der Waals surface area contributed by atoms with E-state index in [1.54, 1.807) is 22.8 Å². The highest BCUT2D eigenvalue weighted by atomic mass is 16.5. The highest BCUT2D eigenvalue weighted by Crippen LogP contribution is 2.30. The van der Waals surface area contributed by atoms with E-state index >= 15 is 0 Å². The van der Waals surface area contributed by atoms with Crippen LogP contribution in [0.3, 0.4) is 0 Å². The van der Waals surface area contributed by atoms with E-state index in [4.69, 9.17) is 4.74 Å². The van der Waals surface area contributed by atoms with Gasteiger partial charge in [0.15, 0.2) is 5.65 Å². The quantitative estimate of drug-likeness (QED) is 0.494. The van der Waals surface area contributed by atoms with Gasteiger partial charge in [-0.15, -0.1) is 5.10 Å². The number of nitrogens with one attached hydrogen (secondary N) is 1. The second-order valence-corrected chi connectivity index (χ2v) is 7.42. The van der Waals surface area contributed by atoms with Crippen LogP contribution < -0.4 is 10.1 Å². The lowest BCUT2D eigenvalue weighted by molar-refractivity contribution is -0.121. The molecule has 160 valence electrons. The van der Waals surface area contributed by atoms with Gasteiger partial charge in [-0.2, -0.15) is 5.10 Å². The maximum absolute atomic E-state index is 12.5. The summed E-state index contributed by atoms with van der Waals surface area (Å²) in [5.41, 5.74) is 5.76. The lowest BCUT2D eigenvalue weighted by Crippen LogP contribution is -2.23. The van der Waals surface area contributed by atoms with Gasteiger partial charge in [0.2, 0.25) is 11.8 Å². The third-order valence-electron chi connectivity index (χ3n) is 5.43. The molecule has 9 heteroatoms. The van der Waals surface area contributed by atoms with Crippen LogP contribution in [0.15, 0.2) is 36.9 Å². The van der Waals surface area contributed by atoms with Crippen LogP contribution in [0.25, 0.3) is 16.7 Å². The number of aryl methyl sites for hydroxylation is 3. The van der Waals surface area contributed by atoms with E-state index in [2.05, 4.69) is 25.5 Å². The first-order chi connectivity index (χ1) is 15.0. The van der Waals surface area contributed by atoms with E-state index in [1.165, 1.54) is 6.33 Å². The predicted octanol–water partition coefficient (Wildman–Crippen LogP) is 2.42. The summed E-state index contributed by atoms with van der Waals surface area (Å²) >= 11 is 0. The smallest absolute Gasteiger partial charge is 0.242 e. The lowest BCUT2D eigenvalue weighted by atomic mass is 10.00. The summed E-state index contributed by atoms with van der Waals surface area (Å²) in [6, 6.07) is 7.84. The number of hydrogen-bond acceptors (Lipinski definition) is 6. The zero-order valence-electron chi connectivity index (χ0n) is 18.1. The van der Waals surface area contributed by atoms with Gasteiger partial charge in [-0.1, -0.05) is 12.1 Å². The van der Waals surface area contributed by atoms with E-state index in [0.717, 1.165) is 39.1 Å². The number of carbonyl (C=O) groups excluding carboxylic acids is 1. The fraction of sp³-hybridized carbons (Fsp3) is 0.318. The van der Waals surface area contributed by atoms with E-state index in [-0.39, 0.29) is 5.91 Å². The number of benzene rings is 1. The van der Waals surface area contributed by atoms with E-state index < -0.39 is 0 Å². The molecule has 0 aliphatic heterocycles. The van der Waals surface area contributed by atoms with Crippen LogP contribution in [-0.2, 0) is 24.8 Å². The maximum Gasteiger partial charge on any atom is 0.242 e. The molecule has 1 amide bonds. The molecule has 0 bridgehead atoms. The number of nitrogens with zero attached hydrogens (tertiary/aromatic N) is 6. The summed E-state index contributed by atoms with van der Waals surface area (Å²) < 4.78 is 8.82. The average molecular weight is 419 g/mol. The van der Waals surface area contributed by atoms with Crippen LogP contribution in [0.5, 0.6) is 5.88 Å². The van der Waals surface area contributed by atoms with E-state index in [1.807, 2.05) is 45.2 Å². The van der Waals surface area contributed by atoms with E-state index in [0.29, 0.717) is 25.3 Å². The van der Waals surface area contributed by atoms with Crippen LogP contribution in [-0.4, -0.2) is 42.5 Å². The SMILES string of the molecule is COc1nn(C)c2nc(C)c(CCC(=O)NCc3ccc(-n4cncn4)cc3)c(C)c12. The Morgan fingerprint density at radius 2 is 1.97 bits per heavy atom. The number of rotatable bonds is 7. The first-order valence-corrected chi connectivity index (χ1v) is 10.1. The Kier molecular flexibility index (Phi) is 5.66. The third-order valence-corrected chi connectivity index (χ3v) is 5.43. The zero-order valence-corrected chi connectivity index (χ0v) is 18.1. The number of methoxy groups -OCH3 is 1. The van der Waals surface area contributed by atoms with Gasteiger partial charge in [0.1, 0.15) is 12.7 Å². The molecule has 4 rings (SSSR count). The number of aromatic nitrogens is 6. The Bertz CT molecular complexity index is 1210. The minimum atomic E-state index is -0.00241. The van der Waals surface area contributed by atoms with Crippen molar-refractivity contribution in [1.29, 1.82) is 0 Å². The highest BCUT2D eigenvalue weighted by Gasteiger charge is 2.18. The molecule has 3 heterocycles. The minimum absolute atomic E-state index is 0.00241. The third kappa shape index (κ3) is 4.11. The van der Waals surface area contributed by atoms with Crippen molar-refractivity contribution >= 4 is 16.9 Å². The van der Waals surface area contributed by atoms with Crippen LogP contribution in [0, 0.1) is 13.8 Å². The average Bonchev–Trinajstić information content (AvgIpc) is 3.41. The molecule has 0 aliphatic rings. The van der Waals surface area contributed by atoms with Gasteiger partial charge in [-0.25, -0.2) is 19.3 Å². The van der Waals surface area contributed by atoms with Gasteiger partial charge in [-0.3, -0.25) is 4.79 Å². The first-order valence-electron chi connectivity index (χ1n) is 10.1. The Hall–Kier alpha value is -3.75. The van der Waals surface area contributed by atoms with E-state index in [9.17, 15) is 4.79 Å². The van der Waals surface area contributed by atoms with Crippen LogP contribution in [0.1, 0.15) is 28.8 Å². The van der Waals surface area contributed by atoms with Gasteiger partial charge in [0, 0.05) is 25.7 Å². The predicted molar refractivity (Wildman–Crippen MR) is 116 cm³/mol. The van der Waals surface area contributed by atoms with Crippen molar-refractivity contribution in [2.24, 2.45) is 7.05 Å². The molecule has 0 aliphatic carbocycles. The molecule has 0 atom stereocenters. The molecule has 9 nitrogen and oxygen atoms in total. The van der Waals surface area contributed by atoms with Gasteiger partial charge in [-0.05, 0) is 49.1 Å². The highest BCUT2D eigenvalue weighted by molar-refractivity contribution is 5.86. The molecule has 0 radical (unpaired) electrons. The summed E-state index contributed by atoms with van der Waals surface area (Å²) in [4.78, 5) is 21.1. The molecule has 0 saturated heterocycles. The van der Waals surface area contributed by atoms with Crippen LogP contribution in [0.4, 0.5) is 0 Å². The molecule has 3 aromatic heterocycles. The van der Waals surface area contributed by atoms with Crippen molar-refractivity contribution < 1.29 is 9.53 Å². The van der Waals surface area contributed by atoms with Crippen molar-refractivity contribution in [3.63, 3.8) is 0 Å². The van der Waals surface area contributed by atoms with Crippen molar-refractivity contribution in [1.82, 2.24) is 34.8 Å². The first kappa shape index (κ1) is 20.5. The minimum Gasteiger partial charge on any atom is -0.479 e. The normalized spacial score (nSPS) is 11.1. The molecule has 1 N–H and O–H groups in total. The molecule has 4 aromatic rings. The molecular weight excluding hydrogens is 394 g/mol. The Labute approximate surface area is 180 Å². The Balaban J connectivity index is 1.39. The Morgan fingerprint density at radius 1 is 1.19 bits per heavy atom. The standard InChI is InChI=1S/C22H25N7O2/c1-14-18(15(2)26-21-20(14)22(31-4)27-28(21)3)9-10-19(30)24-11-16-5-7-17(8-6-16)29-13-23-12-25-29/h5-8,12-13H,9-11H2,1-4H3,(H,24,30). The number of carbonyl (C=O) groups is 1. The lowest BCUT2D eigenvalue weighted by Gasteiger charge is -2.11. The number of hydrogen-bond donors (Lipinski definition) is 1. The zero-order chi connectivity index (χ0) is 22.0. The van der Waals surface area contributed by atoms with Crippen LogP contribution >= 0.6 is 0 Å². The molecule has 0 unspecified atom stereocenters. The number of fused-ring (bicyclic) bond motifs is 1. The largest absolute Gasteiger partial charge is 0.479 e. The van der Waals surface area contributed by atoms with Crippen LogP contribution in [0.2, 0.25) is 0 Å². The molecule has 0 saturated carbocycles. The van der Waals surface area contributed by atoms with Crippen molar-refractivity contribution in [3.8, 4) is 11.6 Å². The van der Waals surface area contributed by atoms with Gasteiger partial charge < -0.3 is 10.1 Å². The van der Waals surface area contributed by atoms with Gasteiger partial charge in [0.05, 0.1) is 18.2 Å². The van der Waals surface area contributed by atoms with Crippen molar-refractivity contribution in [3.05, 3.63) is 59.3 Å². The molecule has 0 fully saturated rings. The Morgan fingerprint density at radius 3 is 2.65 bits per heavy atom. The molecule has 1 aromatic carbocycles. The molecule has 0 spiro atoms. The van der Waals surface area contributed by atoms with Gasteiger partial charge >= 0.3 is 0 Å². The van der Waals surface area contributed by atoms with Crippen molar-refractivity contribution in [2.45, 2.75) is 33.2 Å². The summed E-state index contributed by atoms with van der Waals surface area (Å²) in [7, 11) is 3.45. The number of amides is 1. The second-order valence-electron chi connectivity index (χ2n) is 7.42. The number of ether oxygens (including phenoxy) is 1. The second kappa shape index (κ2) is 8.55. The molecule has 31 heavy (non-hydrogen) atoms. The summed E-state index contributed by atoms with van der Waals surface area (Å²) in [6.07, 6.45) is 4.13. The number of pyridine rings is 1. The topological polar surface area (TPSA) is 99.8 Å². The fourth-order valence-electron chi connectivity index (χ4n) is 3.74. The monoisotopic (exact) mass is 419 g/mol. The fourth-order valence-corrected chi connectivity index (χ4v) is 3.74. The summed E-state index contributed by atoms with van der Waals surface area (Å²) in [6.45, 7) is 4.48. The van der Waals surface area contributed by atoms with Crippen molar-refractivity contribution in [2.75, 3.05) is 7.11 Å².